The molecule has 0 amide bonds. The molecular formula is C17H20BrNO2. The van der Waals surface area contributed by atoms with Gasteiger partial charge >= 0.3 is 0 Å². The standard InChI is InChI=1S/C17H20BrNO2/c1-11-5-7-15(20-3)13(9-11)17(19-2)12-6-8-16(21-4)14(18)10-12/h5-10,17,19H,1-4H3. The molecule has 112 valence electrons. The van der Waals surface area contributed by atoms with Crippen molar-refractivity contribution in [1.29, 1.82) is 0 Å². The normalized spacial score (nSPS) is 12.0. The van der Waals surface area contributed by atoms with Crippen LogP contribution in [-0.4, -0.2) is 21.3 Å². The topological polar surface area (TPSA) is 30.5 Å². The van der Waals surface area contributed by atoms with Crippen molar-refractivity contribution in [3.8, 4) is 11.5 Å². The largest absolute Gasteiger partial charge is 0.496 e. The Labute approximate surface area is 134 Å². The Morgan fingerprint density at radius 1 is 1.00 bits per heavy atom. The molecule has 0 aromatic heterocycles. The molecule has 3 nitrogen and oxygen atoms in total. The first-order chi connectivity index (χ1) is 10.1. The van der Waals surface area contributed by atoms with Crippen molar-refractivity contribution in [2.24, 2.45) is 0 Å². The second kappa shape index (κ2) is 6.96. The molecule has 0 spiro atoms. The highest BCUT2D eigenvalue weighted by Crippen LogP contribution is 2.34. The fraction of sp³-hybridized carbons (Fsp3) is 0.294. The van der Waals surface area contributed by atoms with Crippen molar-refractivity contribution in [3.05, 3.63) is 57.6 Å². The molecule has 2 aromatic carbocycles. The Balaban J connectivity index is 2.49. The number of rotatable bonds is 5. The van der Waals surface area contributed by atoms with Crippen LogP contribution < -0.4 is 14.8 Å². The zero-order valence-electron chi connectivity index (χ0n) is 12.7. The van der Waals surface area contributed by atoms with E-state index < -0.39 is 0 Å². The summed E-state index contributed by atoms with van der Waals surface area (Å²) in [5.41, 5.74) is 3.48. The smallest absolute Gasteiger partial charge is 0.133 e. The van der Waals surface area contributed by atoms with Gasteiger partial charge in [0.2, 0.25) is 0 Å². The van der Waals surface area contributed by atoms with Crippen molar-refractivity contribution in [2.75, 3.05) is 21.3 Å². The van der Waals surface area contributed by atoms with E-state index in [0.717, 1.165) is 27.1 Å². The molecule has 0 aliphatic rings. The maximum Gasteiger partial charge on any atom is 0.133 e. The average Bonchev–Trinajstić information content (AvgIpc) is 2.48. The number of hydrogen-bond donors (Lipinski definition) is 1. The van der Waals surface area contributed by atoms with Gasteiger partial charge < -0.3 is 14.8 Å². The second-order valence-electron chi connectivity index (χ2n) is 4.86. The third kappa shape index (κ3) is 3.39. The Hall–Kier alpha value is -1.52. The molecule has 1 atom stereocenters. The number of methoxy groups -OCH3 is 2. The average molecular weight is 350 g/mol. The quantitative estimate of drug-likeness (QED) is 0.881. The molecule has 2 aromatic rings. The van der Waals surface area contributed by atoms with Gasteiger partial charge in [-0.3, -0.25) is 0 Å². The molecule has 0 saturated carbocycles. The molecule has 0 aliphatic heterocycles. The first-order valence-corrected chi connectivity index (χ1v) is 7.55. The van der Waals surface area contributed by atoms with Crippen LogP contribution in [0, 0.1) is 6.92 Å². The highest BCUT2D eigenvalue weighted by molar-refractivity contribution is 9.10. The van der Waals surface area contributed by atoms with E-state index in [9.17, 15) is 0 Å². The van der Waals surface area contributed by atoms with Gasteiger partial charge in [0.15, 0.2) is 0 Å². The van der Waals surface area contributed by atoms with Crippen molar-refractivity contribution < 1.29 is 9.47 Å². The Kier molecular flexibility index (Phi) is 5.26. The summed E-state index contributed by atoms with van der Waals surface area (Å²) in [6.45, 7) is 2.08. The van der Waals surface area contributed by atoms with Gasteiger partial charge in [0.05, 0.1) is 24.7 Å². The fourth-order valence-electron chi connectivity index (χ4n) is 2.44. The molecule has 21 heavy (non-hydrogen) atoms. The van der Waals surface area contributed by atoms with E-state index in [0.29, 0.717) is 0 Å². The fourth-order valence-corrected chi connectivity index (χ4v) is 3.00. The summed E-state index contributed by atoms with van der Waals surface area (Å²) < 4.78 is 11.7. The zero-order valence-corrected chi connectivity index (χ0v) is 14.3. The van der Waals surface area contributed by atoms with Gasteiger partial charge in [-0.2, -0.15) is 0 Å². The minimum atomic E-state index is 0.0575. The van der Waals surface area contributed by atoms with Gasteiger partial charge in [-0.1, -0.05) is 23.8 Å². The number of benzene rings is 2. The first kappa shape index (κ1) is 15.9. The van der Waals surface area contributed by atoms with Crippen molar-refractivity contribution in [1.82, 2.24) is 5.32 Å². The predicted octanol–water partition coefficient (Wildman–Crippen LogP) is 4.08. The summed E-state index contributed by atoms with van der Waals surface area (Å²) in [5, 5.41) is 3.36. The van der Waals surface area contributed by atoms with Crippen molar-refractivity contribution in [2.45, 2.75) is 13.0 Å². The maximum atomic E-state index is 5.50. The number of hydrogen-bond acceptors (Lipinski definition) is 3. The van der Waals surface area contributed by atoms with Gasteiger partial charge in [-0.15, -0.1) is 0 Å². The van der Waals surface area contributed by atoms with E-state index in [-0.39, 0.29) is 6.04 Å². The second-order valence-corrected chi connectivity index (χ2v) is 5.72. The van der Waals surface area contributed by atoms with E-state index in [2.05, 4.69) is 52.4 Å². The van der Waals surface area contributed by atoms with Crippen LogP contribution in [0.15, 0.2) is 40.9 Å². The minimum absolute atomic E-state index is 0.0575. The summed E-state index contributed by atoms with van der Waals surface area (Å²) in [6, 6.07) is 12.4. The maximum absolute atomic E-state index is 5.50. The van der Waals surface area contributed by atoms with Crippen LogP contribution >= 0.6 is 15.9 Å². The molecule has 0 aliphatic carbocycles. The van der Waals surface area contributed by atoms with E-state index in [1.165, 1.54) is 5.56 Å². The van der Waals surface area contributed by atoms with E-state index in [1.54, 1.807) is 14.2 Å². The number of nitrogens with one attached hydrogen (secondary N) is 1. The zero-order chi connectivity index (χ0) is 15.4. The Morgan fingerprint density at radius 3 is 2.24 bits per heavy atom. The highest BCUT2D eigenvalue weighted by Gasteiger charge is 2.18. The summed E-state index contributed by atoms with van der Waals surface area (Å²) in [4.78, 5) is 0. The third-order valence-corrected chi connectivity index (χ3v) is 4.11. The van der Waals surface area contributed by atoms with Crippen LogP contribution in [0.2, 0.25) is 0 Å². The molecule has 0 fully saturated rings. The molecular weight excluding hydrogens is 330 g/mol. The predicted molar refractivity (Wildman–Crippen MR) is 89.3 cm³/mol. The van der Waals surface area contributed by atoms with Crippen LogP contribution in [0.5, 0.6) is 11.5 Å². The summed E-state index contributed by atoms with van der Waals surface area (Å²) >= 11 is 3.54. The van der Waals surface area contributed by atoms with Crippen LogP contribution in [-0.2, 0) is 0 Å². The third-order valence-electron chi connectivity index (χ3n) is 3.49. The van der Waals surface area contributed by atoms with Gasteiger partial charge in [0.25, 0.3) is 0 Å². The summed E-state index contributed by atoms with van der Waals surface area (Å²) in [5.74, 6) is 1.71. The van der Waals surface area contributed by atoms with Crippen LogP contribution in [0.1, 0.15) is 22.7 Å². The van der Waals surface area contributed by atoms with E-state index >= 15 is 0 Å². The molecule has 1 unspecified atom stereocenters. The van der Waals surface area contributed by atoms with Crippen LogP contribution in [0.4, 0.5) is 0 Å². The summed E-state index contributed by atoms with van der Waals surface area (Å²) in [7, 11) is 5.31. The Bertz CT molecular complexity index is 628. The van der Waals surface area contributed by atoms with Crippen LogP contribution in [0.25, 0.3) is 0 Å². The van der Waals surface area contributed by atoms with E-state index in [1.807, 2.05) is 19.2 Å². The number of halogens is 1. The lowest BCUT2D eigenvalue weighted by molar-refractivity contribution is 0.405. The van der Waals surface area contributed by atoms with Crippen LogP contribution in [0.3, 0.4) is 0 Å². The lowest BCUT2D eigenvalue weighted by Gasteiger charge is -2.21. The number of ether oxygens (including phenoxy) is 2. The molecule has 0 saturated heterocycles. The van der Waals surface area contributed by atoms with Gasteiger partial charge in [0.1, 0.15) is 11.5 Å². The SMILES string of the molecule is CNC(c1ccc(OC)c(Br)c1)c1cc(C)ccc1OC. The lowest BCUT2D eigenvalue weighted by Crippen LogP contribution is -2.18. The molecule has 4 heteroatoms. The molecule has 0 radical (unpaired) electrons. The highest BCUT2D eigenvalue weighted by atomic mass is 79.9. The first-order valence-electron chi connectivity index (χ1n) is 6.76. The summed E-state index contributed by atoms with van der Waals surface area (Å²) in [6.07, 6.45) is 0. The van der Waals surface area contributed by atoms with Crippen molar-refractivity contribution >= 4 is 15.9 Å². The lowest BCUT2D eigenvalue weighted by atomic mass is 9.96. The van der Waals surface area contributed by atoms with Gasteiger partial charge in [-0.05, 0) is 53.7 Å². The monoisotopic (exact) mass is 349 g/mol. The van der Waals surface area contributed by atoms with Gasteiger partial charge in [-0.25, -0.2) is 0 Å². The molecule has 2 rings (SSSR count). The minimum Gasteiger partial charge on any atom is -0.496 e. The van der Waals surface area contributed by atoms with Gasteiger partial charge in [0, 0.05) is 5.56 Å². The molecule has 1 N–H and O–H groups in total. The van der Waals surface area contributed by atoms with E-state index in [4.69, 9.17) is 9.47 Å². The van der Waals surface area contributed by atoms with Crippen molar-refractivity contribution in [3.63, 3.8) is 0 Å². The molecule has 0 heterocycles. The Morgan fingerprint density at radius 2 is 1.67 bits per heavy atom. The number of aryl methyl sites for hydroxylation is 1. The molecule has 0 bridgehead atoms.